The molecule has 8 heteroatoms. The number of aliphatic hydroxyl groups is 1. The molecular weight excluding hydrogens is 448 g/mol. The number of carbonyl (C=O) groups is 2. The Balaban J connectivity index is 1.74. The number of likely N-dealkylation sites (tertiary alicyclic amines) is 1. The van der Waals surface area contributed by atoms with E-state index in [2.05, 4.69) is 4.90 Å². The monoisotopic (exact) mass is 480 g/mol. The first-order valence-electron chi connectivity index (χ1n) is 12.0. The number of ketones is 1. The molecule has 0 bridgehead atoms. The number of amides is 1. The van der Waals surface area contributed by atoms with Crippen LogP contribution in [-0.2, 0) is 14.3 Å². The molecule has 2 fully saturated rings. The molecule has 1 atom stereocenters. The second-order valence-electron chi connectivity index (χ2n) is 8.57. The average molecular weight is 481 g/mol. The fraction of sp³-hybridized carbons (Fsp3) is 0.407. The number of benzene rings is 2. The molecule has 2 aliphatic heterocycles. The molecule has 186 valence electrons. The lowest BCUT2D eigenvalue weighted by molar-refractivity contribution is -0.140. The maximum Gasteiger partial charge on any atom is 0.295 e. The van der Waals surface area contributed by atoms with Gasteiger partial charge in [0.25, 0.3) is 11.7 Å². The molecule has 0 unspecified atom stereocenters. The van der Waals surface area contributed by atoms with E-state index in [1.165, 1.54) is 0 Å². The molecule has 1 N–H and O–H groups in total. The van der Waals surface area contributed by atoms with E-state index >= 15 is 0 Å². The van der Waals surface area contributed by atoms with Gasteiger partial charge in [0.2, 0.25) is 0 Å². The van der Waals surface area contributed by atoms with Crippen molar-refractivity contribution in [1.82, 2.24) is 9.80 Å². The number of morpholine rings is 1. The third kappa shape index (κ3) is 5.33. The summed E-state index contributed by atoms with van der Waals surface area (Å²) >= 11 is 0. The number of rotatable bonds is 9. The van der Waals surface area contributed by atoms with Crippen molar-refractivity contribution >= 4 is 17.4 Å². The lowest BCUT2D eigenvalue weighted by Crippen LogP contribution is -2.42. The molecule has 0 aliphatic carbocycles. The Kier molecular flexibility index (Phi) is 8.05. The van der Waals surface area contributed by atoms with Crippen LogP contribution in [0.15, 0.2) is 54.1 Å². The Bertz CT molecular complexity index is 1080. The minimum absolute atomic E-state index is 0.0763. The fourth-order valence-corrected chi connectivity index (χ4v) is 4.47. The van der Waals surface area contributed by atoms with Gasteiger partial charge >= 0.3 is 0 Å². The van der Waals surface area contributed by atoms with Gasteiger partial charge in [-0.1, -0.05) is 43.3 Å². The predicted octanol–water partition coefficient (Wildman–Crippen LogP) is 3.24. The van der Waals surface area contributed by atoms with Crippen LogP contribution < -0.4 is 9.47 Å². The third-order valence-corrected chi connectivity index (χ3v) is 6.31. The molecule has 2 heterocycles. The number of carbonyl (C=O) groups excluding carboxylic acids is 2. The minimum atomic E-state index is -0.745. The van der Waals surface area contributed by atoms with Crippen LogP contribution >= 0.6 is 0 Å². The smallest absolute Gasteiger partial charge is 0.295 e. The molecule has 0 radical (unpaired) electrons. The van der Waals surface area contributed by atoms with E-state index < -0.39 is 17.7 Å². The van der Waals surface area contributed by atoms with Crippen LogP contribution in [0.5, 0.6) is 11.5 Å². The summed E-state index contributed by atoms with van der Waals surface area (Å²) < 4.78 is 16.8. The number of hydrogen-bond acceptors (Lipinski definition) is 7. The van der Waals surface area contributed by atoms with Crippen LogP contribution in [0.3, 0.4) is 0 Å². The van der Waals surface area contributed by atoms with E-state index in [0.717, 1.165) is 19.5 Å². The number of methoxy groups -OCH3 is 1. The Hall–Kier alpha value is -3.36. The number of nitrogens with zero attached hydrogens (tertiary/aromatic N) is 2. The van der Waals surface area contributed by atoms with Gasteiger partial charge in [-0.15, -0.1) is 0 Å². The van der Waals surface area contributed by atoms with E-state index in [4.69, 9.17) is 14.2 Å². The molecule has 2 saturated heterocycles. The fourth-order valence-electron chi connectivity index (χ4n) is 4.47. The first kappa shape index (κ1) is 24.8. The molecule has 0 saturated carbocycles. The Labute approximate surface area is 205 Å². The Morgan fingerprint density at radius 2 is 1.80 bits per heavy atom. The van der Waals surface area contributed by atoms with Crippen molar-refractivity contribution in [3.05, 3.63) is 65.2 Å². The summed E-state index contributed by atoms with van der Waals surface area (Å²) in [4.78, 5) is 30.2. The summed E-state index contributed by atoms with van der Waals surface area (Å²) in [5.41, 5.74) is 1.23. The van der Waals surface area contributed by atoms with Crippen molar-refractivity contribution in [1.29, 1.82) is 0 Å². The highest BCUT2D eigenvalue weighted by atomic mass is 16.5. The zero-order chi connectivity index (χ0) is 24.8. The number of ether oxygens (including phenoxy) is 3. The topological polar surface area (TPSA) is 88.5 Å². The molecule has 2 aromatic carbocycles. The Morgan fingerprint density at radius 3 is 2.49 bits per heavy atom. The van der Waals surface area contributed by atoms with Gasteiger partial charge in [0.1, 0.15) is 5.76 Å². The maximum absolute atomic E-state index is 13.2. The highest BCUT2D eigenvalue weighted by Gasteiger charge is 2.46. The lowest BCUT2D eigenvalue weighted by Gasteiger charge is -2.31. The maximum atomic E-state index is 13.2. The summed E-state index contributed by atoms with van der Waals surface area (Å²) in [7, 11) is 1.55. The van der Waals surface area contributed by atoms with Gasteiger partial charge in [0.15, 0.2) is 11.5 Å². The van der Waals surface area contributed by atoms with Gasteiger partial charge < -0.3 is 24.2 Å². The first-order valence-corrected chi connectivity index (χ1v) is 12.0. The van der Waals surface area contributed by atoms with Gasteiger partial charge in [-0.25, -0.2) is 0 Å². The predicted molar refractivity (Wildman–Crippen MR) is 131 cm³/mol. The van der Waals surface area contributed by atoms with E-state index in [-0.39, 0.29) is 11.3 Å². The highest BCUT2D eigenvalue weighted by Crippen LogP contribution is 2.41. The average Bonchev–Trinajstić information content (AvgIpc) is 3.16. The van der Waals surface area contributed by atoms with Crippen LogP contribution in [0.1, 0.15) is 30.5 Å². The molecule has 0 aromatic heterocycles. The Morgan fingerprint density at radius 1 is 1.06 bits per heavy atom. The molecule has 0 spiro atoms. The van der Waals surface area contributed by atoms with Gasteiger partial charge in [0.05, 0.1) is 38.5 Å². The molecular formula is C27H32N2O6. The van der Waals surface area contributed by atoms with E-state index in [0.29, 0.717) is 55.5 Å². The zero-order valence-corrected chi connectivity index (χ0v) is 20.2. The summed E-state index contributed by atoms with van der Waals surface area (Å²) in [5.74, 6) is -0.399. The van der Waals surface area contributed by atoms with Crippen LogP contribution in [0.2, 0.25) is 0 Å². The largest absolute Gasteiger partial charge is 0.507 e. The van der Waals surface area contributed by atoms with Crippen molar-refractivity contribution in [2.24, 2.45) is 0 Å². The van der Waals surface area contributed by atoms with E-state index in [9.17, 15) is 14.7 Å². The minimum Gasteiger partial charge on any atom is -0.507 e. The van der Waals surface area contributed by atoms with Crippen LogP contribution in [0.4, 0.5) is 0 Å². The molecule has 4 rings (SSSR count). The standard InChI is InChI=1S/C27H32N2O6/c1-3-15-35-21-10-9-20(18-22(21)33-2)24-23(25(30)19-7-5-4-6-8-19)26(31)27(32)29(24)12-11-28-13-16-34-17-14-28/h4-10,18,24,30H,3,11-17H2,1-2H3/b25-23+/t24-/m1/s1. The van der Waals surface area contributed by atoms with Crippen molar-refractivity contribution in [2.75, 3.05) is 53.1 Å². The molecule has 1 amide bonds. The highest BCUT2D eigenvalue weighted by molar-refractivity contribution is 6.46. The zero-order valence-electron chi connectivity index (χ0n) is 20.2. The van der Waals surface area contributed by atoms with Crippen LogP contribution in [-0.4, -0.2) is 79.7 Å². The summed E-state index contributed by atoms with van der Waals surface area (Å²) in [6, 6.07) is 13.5. The van der Waals surface area contributed by atoms with E-state index in [1.54, 1.807) is 48.4 Å². The number of hydrogen-bond donors (Lipinski definition) is 1. The SMILES string of the molecule is CCCOc1ccc([C@@H]2/C(=C(\O)c3ccccc3)C(=O)C(=O)N2CCN2CCOCC2)cc1OC. The normalized spacial score (nSPS) is 20.3. The van der Waals surface area contributed by atoms with Crippen molar-refractivity contribution in [3.63, 3.8) is 0 Å². The van der Waals surface area contributed by atoms with E-state index in [1.807, 2.05) is 19.1 Å². The quantitative estimate of drug-likeness (QED) is 0.335. The van der Waals surface area contributed by atoms with Gasteiger partial charge in [-0.3, -0.25) is 14.5 Å². The summed E-state index contributed by atoms with van der Waals surface area (Å²) in [6.45, 7) is 6.35. The van der Waals surface area contributed by atoms with Gasteiger partial charge in [-0.05, 0) is 24.1 Å². The third-order valence-electron chi connectivity index (χ3n) is 6.31. The van der Waals surface area contributed by atoms with Gasteiger partial charge in [0, 0.05) is 31.7 Å². The molecule has 2 aromatic rings. The molecule has 35 heavy (non-hydrogen) atoms. The second kappa shape index (κ2) is 11.4. The first-order chi connectivity index (χ1) is 17.0. The van der Waals surface area contributed by atoms with Crippen LogP contribution in [0, 0.1) is 0 Å². The molecule has 8 nitrogen and oxygen atoms in total. The summed E-state index contributed by atoms with van der Waals surface area (Å²) in [5, 5.41) is 11.2. The summed E-state index contributed by atoms with van der Waals surface area (Å²) in [6.07, 6.45) is 0.851. The van der Waals surface area contributed by atoms with Gasteiger partial charge in [-0.2, -0.15) is 0 Å². The van der Waals surface area contributed by atoms with Crippen molar-refractivity contribution < 1.29 is 28.9 Å². The number of Topliss-reactive ketones (excluding diaryl/α,β-unsaturated/α-hetero) is 1. The lowest BCUT2D eigenvalue weighted by atomic mass is 9.95. The second-order valence-corrected chi connectivity index (χ2v) is 8.57. The number of aliphatic hydroxyl groups excluding tert-OH is 1. The van der Waals surface area contributed by atoms with Crippen LogP contribution in [0.25, 0.3) is 5.76 Å². The van der Waals surface area contributed by atoms with Crippen molar-refractivity contribution in [2.45, 2.75) is 19.4 Å². The molecule has 2 aliphatic rings. The van der Waals surface area contributed by atoms with Crippen molar-refractivity contribution in [3.8, 4) is 11.5 Å².